The third-order valence-electron chi connectivity index (χ3n) is 7.08. The lowest BCUT2D eigenvalue weighted by Gasteiger charge is -2.36. The van der Waals surface area contributed by atoms with E-state index in [0.717, 1.165) is 48.9 Å². The summed E-state index contributed by atoms with van der Waals surface area (Å²) in [5.74, 6) is 1.30. The molecule has 0 saturated carbocycles. The van der Waals surface area contributed by atoms with E-state index in [1.54, 1.807) is 24.1 Å². The Labute approximate surface area is 228 Å². The second kappa shape index (κ2) is 11.2. The molecule has 9 nitrogen and oxygen atoms in total. The average molecular weight is 563 g/mol. The second-order valence-corrected chi connectivity index (χ2v) is 10.3. The number of benzene rings is 1. The van der Waals surface area contributed by atoms with E-state index in [2.05, 4.69) is 19.9 Å². The van der Waals surface area contributed by atoms with E-state index in [0.29, 0.717) is 43.4 Å². The SMILES string of the molecule is COc1cc(N2CCC(c3nc(C(=O)N4CCN(c5cccc(C(F)(F)F)c5)CC4)cs3)CC2)nc(OC)n1. The third-order valence-corrected chi connectivity index (χ3v) is 8.08. The van der Waals surface area contributed by atoms with Crippen LogP contribution in [0.15, 0.2) is 35.7 Å². The highest BCUT2D eigenvalue weighted by Gasteiger charge is 2.32. The van der Waals surface area contributed by atoms with Gasteiger partial charge in [0.25, 0.3) is 5.91 Å². The summed E-state index contributed by atoms with van der Waals surface area (Å²) >= 11 is 1.50. The Bertz CT molecular complexity index is 1280. The topological polar surface area (TPSA) is 83.9 Å². The molecule has 208 valence electrons. The summed E-state index contributed by atoms with van der Waals surface area (Å²) in [7, 11) is 3.07. The van der Waals surface area contributed by atoms with E-state index >= 15 is 0 Å². The first-order valence-corrected chi connectivity index (χ1v) is 13.5. The number of rotatable bonds is 6. The fourth-order valence-electron chi connectivity index (χ4n) is 4.89. The van der Waals surface area contributed by atoms with Gasteiger partial charge in [0.2, 0.25) is 5.88 Å². The molecule has 4 heterocycles. The van der Waals surface area contributed by atoms with Crippen LogP contribution in [0.3, 0.4) is 0 Å². The quantitative estimate of drug-likeness (QED) is 0.440. The van der Waals surface area contributed by atoms with Gasteiger partial charge in [-0.25, -0.2) is 4.98 Å². The molecule has 0 atom stereocenters. The van der Waals surface area contributed by atoms with Gasteiger partial charge in [-0.1, -0.05) is 6.07 Å². The van der Waals surface area contributed by atoms with Crippen molar-refractivity contribution in [3.8, 4) is 11.9 Å². The number of methoxy groups -OCH3 is 2. The molecule has 2 aliphatic heterocycles. The first kappa shape index (κ1) is 27.0. The molecule has 2 saturated heterocycles. The minimum absolute atomic E-state index is 0.140. The van der Waals surface area contributed by atoms with Gasteiger partial charge in [0.1, 0.15) is 11.5 Å². The molecule has 3 aromatic rings. The Kier molecular flexibility index (Phi) is 7.78. The summed E-state index contributed by atoms with van der Waals surface area (Å²) in [6, 6.07) is 7.35. The number of hydrogen-bond acceptors (Lipinski definition) is 9. The lowest BCUT2D eigenvalue weighted by Crippen LogP contribution is -2.49. The fourth-order valence-corrected chi connectivity index (χ4v) is 5.85. The van der Waals surface area contributed by atoms with Crippen LogP contribution < -0.4 is 19.3 Å². The number of halogens is 3. The molecule has 5 rings (SSSR count). The summed E-state index contributed by atoms with van der Waals surface area (Å²) < 4.78 is 49.7. The zero-order valence-electron chi connectivity index (χ0n) is 21.6. The predicted octanol–water partition coefficient (Wildman–Crippen LogP) is 4.32. The lowest BCUT2D eigenvalue weighted by atomic mass is 9.97. The van der Waals surface area contributed by atoms with E-state index in [1.807, 2.05) is 10.3 Å². The molecule has 0 spiro atoms. The first-order valence-electron chi connectivity index (χ1n) is 12.6. The minimum atomic E-state index is -4.39. The van der Waals surface area contributed by atoms with Gasteiger partial charge in [0.15, 0.2) is 0 Å². The molecule has 2 aliphatic rings. The molecular formula is C26H29F3N6O3S. The fraction of sp³-hybridized carbons (Fsp3) is 0.462. The number of piperidine rings is 1. The average Bonchev–Trinajstić information content (AvgIpc) is 3.47. The molecule has 0 unspecified atom stereocenters. The Balaban J connectivity index is 1.16. The van der Waals surface area contributed by atoms with Crippen LogP contribution in [0, 0.1) is 0 Å². The monoisotopic (exact) mass is 562 g/mol. The Morgan fingerprint density at radius 2 is 1.69 bits per heavy atom. The molecule has 0 radical (unpaired) electrons. The number of nitrogens with zero attached hydrogens (tertiary/aromatic N) is 6. The summed E-state index contributed by atoms with van der Waals surface area (Å²) in [5, 5.41) is 2.75. The van der Waals surface area contributed by atoms with Crippen LogP contribution in [0.25, 0.3) is 0 Å². The molecule has 13 heteroatoms. The number of anilines is 2. The number of amides is 1. The maximum absolute atomic E-state index is 13.1. The van der Waals surface area contributed by atoms with Gasteiger partial charge in [-0.3, -0.25) is 4.79 Å². The number of piperazine rings is 1. The van der Waals surface area contributed by atoms with Crippen LogP contribution in [0.2, 0.25) is 0 Å². The molecular weight excluding hydrogens is 533 g/mol. The highest BCUT2D eigenvalue weighted by Crippen LogP contribution is 2.34. The predicted molar refractivity (Wildman–Crippen MR) is 141 cm³/mol. The van der Waals surface area contributed by atoms with E-state index in [1.165, 1.54) is 24.5 Å². The summed E-state index contributed by atoms with van der Waals surface area (Å²) in [6.45, 7) is 3.31. The van der Waals surface area contributed by atoms with Crippen LogP contribution >= 0.6 is 11.3 Å². The highest BCUT2D eigenvalue weighted by molar-refractivity contribution is 7.09. The molecule has 2 fully saturated rings. The number of ether oxygens (including phenoxy) is 2. The van der Waals surface area contributed by atoms with Gasteiger partial charge in [0.05, 0.1) is 24.8 Å². The van der Waals surface area contributed by atoms with Crippen molar-refractivity contribution < 1.29 is 27.4 Å². The van der Waals surface area contributed by atoms with Crippen molar-refractivity contribution in [1.82, 2.24) is 19.9 Å². The molecule has 1 amide bonds. The van der Waals surface area contributed by atoms with Gasteiger partial charge in [-0.05, 0) is 31.0 Å². The molecule has 0 aliphatic carbocycles. The van der Waals surface area contributed by atoms with Gasteiger partial charge in [-0.15, -0.1) is 11.3 Å². The lowest BCUT2D eigenvalue weighted by molar-refractivity contribution is -0.137. The molecule has 39 heavy (non-hydrogen) atoms. The molecule has 1 aromatic carbocycles. The smallest absolute Gasteiger partial charge is 0.416 e. The van der Waals surface area contributed by atoms with Crippen LogP contribution in [0.1, 0.15) is 39.8 Å². The minimum Gasteiger partial charge on any atom is -0.481 e. The Morgan fingerprint density at radius 1 is 0.949 bits per heavy atom. The molecule has 0 N–H and O–H groups in total. The van der Waals surface area contributed by atoms with E-state index in [-0.39, 0.29) is 17.8 Å². The van der Waals surface area contributed by atoms with Crippen molar-refractivity contribution in [2.45, 2.75) is 24.9 Å². The second-order valence-electron chi connectivity index (χ2n) is 9.41. The molecule has 0 bridgehead atoms. The van der Waals surface area contributed by atoms with Gasteiger partial charge in [-0.2, -0.15) is 23.1 Å². The summed E-state index contributed by atoms with van der Waals surface area (Å²) in [4.78, 5) is 32.2. The Hall–Kier alpha value is -3.61. The van der Waals surface area contributed by atoms with Gasteiger partial charge in [0, 0.05) is 62.3 Å². The van der Waals surface area contributed by atoms with Crippen molar-refractivity contribution >= 4 is 28.7 Å². The maximum Gasteiger partial charge on any atom is 0.416 e. The van der Waals surface area contributed by atoms with E-state index < -0.39 is 11.7 Å². The van der Waals surface area contributed by atoms with Crippen LogP contribution in [-0.4, -0.2) is 79.2 Å². The number of carbonyl (C=O) groups excluding carboxylic acids is 1. The zero-order chi connectivity index (χ0) is 27.6. The van der Waals surface area contributed by atoms with E-state index in [9.17, 15) is 18.0 Å². The highest BCUT2D eigenvalue weighted by atomic mass is 32.1. The number of carbonyl (C=O) groups is 1. The van der Waals surface area contributed by atoms with Gasteiger partial charge >= 0.3 is 12.2 Å². The number of thiazole rings is 1. The zero-order valence-corrected chi connectivity index (χ0v) is 22.5. The largest absolute Gasteiger partial charge is 0.481 e. The normalized spacial score (nSPS) is 16.9. The van der Waals surface area contributed by atoms with Gasteiger partial charge < -0.3 is 24.2 Å². The summed E-state index contributed by atoms with van der Waals surface area (Å²) in [5.41, 5.74) is 0.268. The van der Waals surface area contributed by atoms with Crippen molar-refractivity contribution in [3.63, 3.8) is 0 Å². The van der Waals surface area contributed by atoms with Crippen molar-refractivity contribution in [2.75, 3.05) is 63.3 Å². The number of alkyl halides is 3. The van der Waals surface area contributed by atoms with Crippen molar-refractivity contribution in [1.29, 1.82) is 0 Å². The van der Waals surface area contributed by atoms with Crippen LogP contribution in [0.4, 0.5) is 24.7 Å². The van der Waals surface area contributed by atoms with Crippen LogP contribution in [0.5, 0.6) is 11.9 Å². The number of aromatic nitrogens is 3. The summed E-state index contributed by atoms with van der Waals surface area (Å²) in [6.07, 6.45) is -2.65. The van der Waals surface area contributed by atoms with Crippen LogP contribution in [-0.2, 0) is 6.18 Å². The number of hydrogen-bond donors (Lipinski definition) is 0. The molecule has 2 aromatic heterocycles. The van der Waals surface area contributed by atoms with Crippen molar-refractivity contribution in [2.24, 2.45) is 0 Å². The standard InChI is InChI=1S/C26H29F3N6O3S/c1-37-22-15-21(31-25(32-22)38-2)34-8-6-17(7-9-34)23-30-20(16-39-23)24(36)35-12-10-33(11-13-35)19-5-3-4-18(14-19)26(27,28)29/h3-5,14-17H,6-13H2,1-2H3. The van der Waals surface area contributed by atoms with Crippen molar-refractivity contribution in [3.05, 3.63) is 52.0 Å². The first-order chi connectivity index (χ1) is 18.7. The third kappa shape index (κ3) is 6.02. The van der Waals surface area contributed by atoms with E-state index in [4.69, 9.17) is 9.47 Å². The Morgan fingerprint density at radius 3 is 2.36 bits per heavy atom. The maximum atomic E-state index is 13.1.